The summed E-state index contributed by atoms with van der Waals surface area (Å²) in [5, 5.41) is 18.3. The molecule has 0 aliphatic rings. The van der Waals surface area contributed by atoms with E-state index >= 15 is 0 Å². The number of hydrogen-bond donors (Lipinski definition) is 2. The SMILES string of the molecule is CC(O)(Cc1ccc(F)cc1Cl)C(=O)O. The third kappa shape index (κ3) is 2.91. The summed E-state index contributed by atoms with van der Waals surface area (Å²) in [6.07, 6.45) is -0.165. The maximum absolute atomic E-state index is 12.7. The van der Waals surface area contributed by atoms with Gasteiger partial charge in [-0.2, -0.15) is 0 Å². The largest absolute Gasteiger partial charge is 0.479 e. The summed E-state index contributed by atoms with van der Waals surface area (Å²) in [5.74, 6) is -1.85. The predicted octanol–water partition coefficient (Wildman–Crippen LogP) is 1.86. The number of hydrogen-bond acceptors (Lipinski definition) is 2. The number of aliphatic hydroxyl groups is 1. The third-order valence-electron chi connectivity index (χ3n) is 2.01. The van der Waals surface area contributed by atoms with Gasteiger partial charge in [-0.1, -0.05) is 17.7 Å². The molecule has 0 amide bonds. The Morgan fingerprint density at radius 2 is 2.20 bits per heavy atom. The second-order valence-corrected chi connectivity index (χ2v) is 3.90. The fourth-order valence-corrected chi connectivity index (χ4v) is 1.35. The Morgan fingerprint density at radius 1 is 1.60 bits per heavy atom. The standard InChI is InChI=1S/C10H10ClFO3/c1-10(15,9(13)14)5-6-2-3-7(12)4-8(6)11/h2-4,15H,5H2,1H3,(H,13,14). The molecule has 0 radical (unpaired) electrons. The first kappa shape index (κ1) is 11.9. The highest BCUT2D eigenvalue weighted by Gasteiger charge is 2.30. The summed E-state index contributed by atoms with van der Waals surface area (Å²) in [4.78, 5) is 10.6. The summed E-state index contributed by atoms with van der Waals surface area (Å²) in [7, 11) is 0. The van der Waals surface area contributed by atoms with Crippen LogP contribution in [0.15, 0.2) is 18.2 Å². The van der Waals surface area contributed by atoms with Gasteiger partial charge in [0.15, 0.2) is 5.60 Å². The molecule has 0 saturated heterocycles. The van der Waals surface area contributed by atoms with E-state index in [-0.39, 0.29) is 11.4 Å². The minimum Gasteiger partial charge on any atom is -0.479 e. The molecule has 1 atom stereocenters. The van der Waals surface area contributed by atoms with Crippen molar-refractivity contribution in [2.24, 2.45) is 0 Å². The molecule has 0 saturated carbocycles. The summed E-state index contributed by atoms with van der Waals surface area (Å²) in [6.45, 7) is 1.16. The van der Waals surface area contributed by atoms with E-state index in [9.17, 15) is 14.3 Å². The Balaban J connectivity index is 2.95. The van der Waals surface area contributed by atoms with E-state index in [1.165, 1.54) is 12.1 Å². The molecule has 15 heavy (non-hydrogen) atoms. The van der Waals surface area contributed by atoms with Crippen molar-refractivity contribution in [3.05, 3.63) is 34.6 Å². The molecule has 0 heterocycles. The van der Waals surface area contributed by atoms with Gasteiger partial charge < -0.3 is 10.2 Å². The molecular weight excluding hydrogens is 223 g/mol. The Bertz CT molecular complexity index is 390. The molecule has 0 fully saturated rings. The third-order valence-corrected chi connectivity index (χ3v) is 2.36. The van der Waals surface area contributed by atoms with Gasteiger partial charge in [-0.05, 0) is 24.6 Å². The number of halogens is 2. The first-order chi connectivity index (χ1) is 6.83. The zero-order valence-electron chi connectivity index (χ0n) is 8.00. The van der Waals surface area contributed by atoms with Crippen LogP contribution in [-0.4, -0.2) is 21.8 Å². The van der Waals surface area contributed by atoms with E-state index in [2.05, 4.69) is 0 Å². The molecule has 1 unspecified atom stereocenters. The molecule has 0 spiro atoms. The number of carboxylic acids is 1. The Hall–Kier alpha value is -1.13. The number of aliphatic carboxylic acids is 1. The van der Waals surface area contributed by atoms with Gasteiger partial charge in [-0.15, -0.1) is 0 Å². The van der Waals surface area contributed by atoms with Crippen LogP contribution in [0, 0.1) is 5.82 Å². The van der Waals surface area contributed by atoms with Gasteiger partial charge in [-0.3, -0.25) is 0 Å². The molecule has 1 aromatic carbocycles. The molecule has 82 valence electrons. The molecule has 0 bridgehead atoms. The monoisotopic (exact) mass is 232 g/mol. The topological polar surface area (TPSA) is 57.5 Å². The maximum Gasteiger partial charge on any atom is 0.335 e. The number of carbonyl (C=O) groups is 1. The average molecular weight is 233 g/mol. The van der Waals surface area contributed by atoms with E-state index in [0.29, 0.717) is 5.56 Å². The van der Waals surface area contributed by atoms with Crippen LogP contribution in [0.1, 0.15) is 12.5 Å². The van der Waals surface area contributed by atoms with Crippen molar-refractivity contribution in [3.8, 4) is 0 Å². The molecule has 1 aromatic rings. The molecule has 1 rings (SSSR count). The van der Waals surface area contributed by atoms with Crippen LogP contribution < -0.4 is 0 Å². The van der Waals surface area contributed by atoms with Crippen LogP contribution in [0.3, 0.4) is 0 Å². The molecule has 3 nitrogen and oxygen atoms in total. The van der Waals surface area contributed by atoms with E-state index in [1.807, 2.05) is 0 Å². The van der Waals surface area contributed by atoms with Gasteiger partial charge >= 0.3 is 5.97 Å². The number of carboxylic acid groups (broad SMARTS) is 1. The molecule has 0 aromatic heterocycles. The van der Waals surface area contributed by atoms with Crippen molar-refractivity contribution in [1.82, 2.24) is 0 Å². The lowest BCUT2D eigenvalue weighted by Gasteiger charge is -2.18. The summed E-state index contributed by atoms with van der Waals surface area (Å²) in [5.41, 5.74) is -1.51. The molecular formula is C10H10ClFO3. The highest BCUT2D eigenvalue weighted by Crippen LogP contribution is 2.22. The van der Waals surface area contributed by atoms with Crippen LogP contribution in [0.5, 0.6) is 0 Å². The van der Waals surface area contributed by atoms with Gasteiger partial charge in [0.2, 0.25) is 0 Å². The van der Waals surface area contributed by atoms with Crippen LogP contribution in [-0.2, 0) is 11.2 Å². The minimum absolute atomic E-state index is 0.108. The highest BCUT2D eigenvalue weighted by atomic mass is 35.5. The van der Waals surface area contributed by atoms with Crippen LogP contribution in [0.4, 0.5) is 4.39 Å². The lowest BCUT2D eigenvalue weighted by molar-refractivity contribution is -0.156. The summed E-state index contributed by atoms with van der Waals surface area (Å²) < 4.78 is 12.7. The zero-order valence-corrected chi connectivity index (χ0v) is 8.75. The maximum atomic E-state index is 12.7. The first-order valence-electron chi connectivity index (χ1n) is 4.22. The lowest BCUT2D eigenvalue weighted by atomic mass is 9.97. The second kappa shape index (κ2) is 4.16. The average Bonchev–Trinajstić information content (AvgIpc) is 2.09. The van der Waals surface area contributed by atoms with Crippen LogP contribution >= 0.6 is 11.6 Å². The van der Waals surface area contributed by atoms with Crippen LogP contribution in [0.2, 0.25) is 5.02 Å². The summed E-state index contributed by atoms with van der Waals surface area (Å²) >= 11 is 5.70. The fourth-order valence-electron chi connectivity index (χ4n) is 1.11. The predicted molar refractivity (Wildman–Crippen MR) is 53.4 cm³/mol. The zero-order chi connectivity index (χ0) is 11.6. The Kier molecular flexibility index (Phi) is 3.31. The summed E-state index contributed by atoms with van der Waals surface area (Å²) in [6, 6.07) is 3.60. The van der Waals surface area contributed by atoms with Gasteiger partial charge in [0, 0.05) is 11.4 Å². The number of rotatable bonds is 3. The molecule has 2 N–H and O–H groups in total. The van der Waals surface area contributed by atoms with E-state index in [0.717, 1.165) is 13.0 Å². The van der Waals surface area contributed by atoms with Gasteiger partial charge in [0.05, 0.1) is 0 Å². The minimum atomic E-state index is -1.90. The first-order valence-corrected chi connectivity index (χ1v) is 4.60. The van der Waals surface area contributed by atoms with Crippen molar-refractivity contribution < 1.29 is 19.4 Å². The van der Waals surface area contributed by atoms with Crippen molar-refractivity contribution in [1.29, 1.82) is 0 Å². The number of benzene rings is 1. The van der Waals surface area contributed by atoms with E-state index in [1.54, 1.807) is 0 Å². The quantitative estimate of drug-likeness (QED) is 0.836. The highest BCUT2D eigenvalue weighted by molar-refractivity contribution is 6.31. The van der Waals surface area contributed by atoms with Crippen molar-refractivity contribution in [2.75, 3.05) is 0 Å². The smallest absolute Gasteiger partial charge is 0.335 e. The van der Waals surface area contributed by atoms with Crippen molar-refractivity contribution in [3.63, 3.8) is 0 Å². The molecule has 0 aliphatic carbocycles. The lowest BCUT2D eigenvalue weighted by Crippen LogP contribution is -2.37. The van der Waals surface area contributed by atoms with Crippen LogP contribution in [0.25, 0.3) is 0 Å². The van der Waals surface area contributed by atoms with Gasteiger partial charge in [-0.25, -0.2) is 9.18 Å². The molecule has 5 heteroatoms. The second-order valence-electron chi connectivity index (χ2n) is 3.49. The van der Waals surface area contributed by atoms with Gasteiger partial charge in [0.1, 0.15) is 5.82 Å². The van der Waals surface area contributed by atoms with Crippen molar-refractivity contribution in [2.45, 2.75) is 18.9 Å². The van der Waals surface area contributed by atoms with Gasteiger partial charge in [0.25, 0.3) is 0 Å². The van der Waals surface area contributed by atoms with Crippen molar-refractivity contribution >= 4 is 17.6 Å². The normalized spacial score (nSPS) is 14.7. The van der Waals surface area contributed by atoms with E-state index < -0.39 is 17.4 Å². The van der Waals surface area contributed by atoms with E-state index in [4.69, 9.17) is 16.7 Å². The Morgan fingerprint density at radius 3 is 2.67 bits per heavy atom. The fraction of sp³-hybridized carbons (Fsp3) is 0.300. The molecule has 0 aliphatic heterocycles. The Labute approximate surface area is 91.1 Å².